The van der Waals surface area contributed by atoms with Gasteiger partial charge in [0, 0.05) is 29.8 Å². The predicted molar refractivity (Wildman–Crippen MR) is 127 cm³/mol. The zero-order valence-corrected chi connectivity index (χ0v) is 19.4. The van der Waals surface area contributed by atoms with Crippen molar-refractivity contribution < 1.29 is 18.0 Å². The number of aromatic amines is 2. The third kappa shape index (κ3) is 4.11. The number of anilines is 1. The first-order valence-electron chi connectivity index (χ1n) is 11.8. The van der Waals surface area contributed by atoms with Crippen molar-refractivity contribution in [1.29, 1.82) is 0 Å². The van der Waals surface area contributed by atoms with Gasteiger partial charge in [-0.25, -0.2) is 14.3 Å². The Morgan fingerprint density at radius 1 is 1.11 bits per heavy atom. The van der Waals surface area contributed by atoms with Crippen molar-refractivity contribution in [2.75, 3.05) is 11.4 Å². The molecule has 9 nitrogen and oxygen atoms in total. The Labute approximate surface area is 207 Å². The maximum Gasteiger partial charge on any atom is 0.406 e. The number of hydrogen-bond donors (Lipinski definition) is 2. The molecular formula is C25H21F3N6O3. The summed E-state index contributed by atoms with van der Waals surface area (Å²) in [6.07, 6.45) is 4.07. The third-order valence-corrected chi connectivity index (χ3v) is 6.95. The monoisotopic (exact) mass is 510 g/mol. The van der Waals surface area contributed by atoms with Crippen molar-refractivity contribution in [2.45, 2.75) is 43.2 Å². The summed E-state index contributed by atoms with van der Waals surface area (Å²) >= 11 is 0. The first-order chi connectivity index (χ1) is 17.7. The van der Waals surface area contributed by atoms with E-state index in [-0.39, 0.29) is 0 Å². The molecule has 3 aliphatic rings. The summed E-state index contributed by atoms with van der Waals surface area (Å²) in [5.41, 5.74) is 2.40. The highest BCUT2D eigenvalue weighted by molar-refractivity contribution is 6.10. The van der Waals surface area contributed by atoms with E-state index in [0.717, 1.165) is 34.5 Å². The molecule has 0 atom stereocenters. The highest BCUT2D eigenvalue weighted by atomic mass is 19.4. The van der Waals surface area contributed by atoms with Gasteiger partial charge >= 0.3 is 11.9 Å². The quantitative estimate of drug-likeness (QED) is 0.439. The molecule has 4 heterocycles. The molecule has 0 saturated heterocycles. The number of carbonyl (C=O) groups excluding carboxylic acids is 1. The van der Waals surface area contributed by atoms with Gasteiger partial charge in [-0.2, -0.15) is 18.3 Å². The Morgan fingerprint density at radius 2 is 1.86 bits per heavy atom. The fourth-order valence-corrected chi connectivity index (χ4v) is 4.91. The fourth-order valence-electron chi connectivity index (χ4n) is 4.91. The van der Waals surface area contributed by atoms with Gasteiger partial charge in [0.25, 0.3) is 5.56 Å². The Morgan fingerprint density at radius 3 is 2.54 bits per heavy atom. The number of alkyl halides is 3. The number of imidazole rings is 1. The van der Waals surface area contributed by atoms with Gasteiger partial charge < -0.3 is 9.88 Å². The molecule has 2 aliphatic carbocycles. The normalized spacial score (nSPS) is 17.6. The number of carbonyl (C=O) groups is 1. The molecule has 2 N–H and O–H groups in total. The SMILES string of the molecule is O=C1N(CC(F)(F)F)c2ccccc2C12CC2.O=c1[nH]cc(-c2cc(C3CC3)c3nccn3n2)c(=O)[nH]1. The molecule has 2 fully saturated rings. The highest BCUT2D eigenvalue weighted by Gasteiger charge is 2.60. The van der Waals surface area contributed by atoms with Crippen LogP contribution >= 0.6 is 0 Å². The summed E-state index contributed by atoms with van der Waals surface area (Å²) in [4.78, 5) is 44.9. The number of hydrogen-bond acceptors (Lipinski definition) is 5. The second-order valence-electron chi connectivity index (χ2n) is 9.55. The molecule has 0 radical (unpaired) electrons. The summed E-state index contributed by atoms with van der Waals surface area (Å²) < 4.78 is 39.0. The van der Waals surface area contributed by atoms with E-state index in [4.69, 9.17) is 0 Å². The Bertz CT molecular complexity index is 1650. The molecule has 4 aromatic rings. The number of nitrogens with zero attached hydrogens (tertiary/aromatic N) is 4. The standard InChI is InChI=1S/C13H11N5O2.C12H10F3NO/c19-12-9(6-15-13(20)16-12)10-5-8(7-1-2-7)11-14-3-4-18(11)17-10;13-12(14,15)7-16-9-4-2-1-3-8(9)11(5-6-11)10(16)17/h3-7H,1-2H2,(H2,15,16,19,20);1-4H,5-7H2. The van der Waals surface area contributed by atoms with Crippen molar-refractivity contribution in [1.82, 2.24) is 24.6 Å². The summed E-state index contributed by atoms with van der Waals surface area (Å²) in [6.45, 7) is -1.19. The lowest BCUT2D eigenvalue weighted by Gasteiger charge is -2.19. The van der Waals surface area contributed by atoms with Crippen LogP contribution in [0.4, 0.5) is 18.9 Å². The average Bonchev–Trinajstić information content (AvgIpc) is 3.78. The molecule has 0 bridgehead atoms. The number of aromatic nitrogens is 5. The van der Waals surface area contributed by atoms with Crippen LogP contribution in [0.2, 0.25) is 0 Å². The van der Waals surface area contributed by atoms with Crippen LogP contribution < -0.4 is 16.1 Å². The van der Waals surface area contributed by atoms with E-state index in [1.807, 2.05) is 6.07 Å². The van der Waals surface area contributed by atoms with Gasteiger partial charge in [-0.15, -0.1) is 0 Å². The molecule has 37 heavy (non-hydrogen) atoms. The molecule has 1 aliphatic heterocycles. The van der Waals surface area contributed by atoms with Gasteiger partial charge in [-0.1, -0.05) is 18.2 Å². The molecule has 1 spiro atoms. The van der Waals surface area contributed by atoms with E-state index in [2.05, 4.69) is 20.1 Å². The van der Waals surface area contributed by atoms with E-state index in [0.29, 0.717) is 35.7 Å². The van der Waals surface area contributed by atoms with Crippen LogP contribution in [-0.4, -0.2) is 43.2 Å². The Hall–Kier alpha value is -4.22. The number of amides is 1. The molecule has 3 aromatic heterocycles. The van der Waals surface area contributed by atoms with Gasteiger partial charge in [0.1, 0.15) is 6.54 Å². The zero-order valence-electron chi connectivity index (χ0n) is 19.4. The zero-order chi connectivity index (χ0) is 25.9. The summed E-state index contributed by atoms with van der Waals surface area (Å²) in [6, 6.07) is 8.67. The van der Waals surface area contributed by atoms with Crippen LogP contribution in [0.5, 0.6) is 0 Å². The minimum absolute atomic E-state index is 0.349. The highest BCUT2D eigenvalue weighted by Crippen LogP contribution is 2.57. The van der Waals surface area contributed by atoms with Gasteiger partial charge in [0.15, 0.2) is 5.65 Å². The number of benzene rings is 1. The molecule has 7 rings (SSSR count). The van der Waals surface area contributed by atoms with Crippen molar-refractivity contribution in [3.63, 3.8) is 0 Å². The van der Waals surface area contributed by atoms with Crippen LogP contribution in [0.15, 0.2) is 58.5 Å². The van der Waals surface area contributed by atoms with Crippen molar-refractivity contribution in [2.24, 2.45) is 0 Å². The van der Waals surface area contributed by atoms with Gasteiger partial charge in [-0.3, -0.25) is 14.6 Å². The minimum atomic E-state index is -4.36. The van der Waals surface area contributed by atoms with Crippen LogP contribution in [0, 0.1) is 0 Å². The first-order valence-corrected chi connectivity index (χ1v) is 11.8. The van der Waals surface area contributed by atoms with Crippen molar-refractivity contribution >= 4 is 17.2 Å². The third-order valence-electron chi connectivity index (χ3n) is 6.95. The molecule has 12 heteroatoms. The summed E-state index contributed by atoms with van der Waals surface area (Å²) in [5.74, 6) is 0.0968. The fraction of sp³-hybridized carbons (Fsp3) is 0.320. The maximum atomic E-state index is 12.5. The van der Waals surface area contributed by atoms with E-state index in [1.165, 1.54) is 6.20 Å². The smallest absolute Gasteiger partial charge is 0.313 e. The first kappa shape index (κ1) is 23.2. The number of halogens is 3. The largest absolute Gasteiger partial charge is 0.406 e. The maximum absolute atomic E-state index is 12.5. The van der Waals surface area contributed by atoms with Gasteiger partial charge in [0.05, 0.1) is 16.7 Å². The van der Waals surface area contributed by atoms with Gasteiger partial charge in [0.2, 0.25) is 5.91 Å². The molecule has 1 amide bonds. The molecule has 190 valence electrons. The number of rotatable bonds is 3. The lowest BCUT2D eigenvalue weighted by atomic mass is 9.98. The van der Waals surface area contributed by atoms with Crippen LogP contribution in [0.25, 0.3) is 16.9 Å². The molecule has 1 aromatic carbocycles. The predicted octanol–water partition coefficient (Wildman–Crippen LogP) is 3.28. The second-order valence-corrected chi connectivity index (χ2v) is 9.55. The minimum Gasteiger partial charge on any atom is -0.313 e. The van der Waals surface area contributed by atoms with Crippen LogP contribution in [0.1, 0.15) is 42.7 Å². The van der Waals surface area contributed by atoms with E-state index < -0.39 is 35.3 Å². The van der Waals surface area contributed by atoms with Crippen molar-refractivity contribution in [3.8, 4) is 11.3 Å². The van der Waals surface area contributed by atoms with E-state index in [1.54, 1.807) is 41.2 Å². The molecule has 2 saturated carbocycles. The molecule has 0 unspecified atom stereocenters. The molecular weight excluding hydrogens is 489 g/mol. The summed E-state index contributed by atoms with van der Waals surface area (Å²) in [5, 5.41) is 4.38. The number of H-pyrrole nitrogens is 2. The summed E-state index contributed by atoms with van der Waals surface area (Å²) in [7, 11) is 0. The topological polar surface area (TPSA) is 116 Å². The number of fused-ring (bicyclic) bond motifs is 3. The van der Waals surface area contributed by atoms with Crippen LogP contribution in [-0.2, 0) is 10.2 Å². The number of nitrogens with one attached hydrogen (secondary N) is 2. The Kier molecular flexibility index (Phi) is 5.11. The second kappa shape index (κ2) is 8.15. The number of para-hydroxylation sites is 1. The van der Waals surface area contributed by atoms with Crippen LogP contribution in [0.3, 0.4) is 0 Å². The van der Waals surface area contributed by atoms with E-state index in [9.17, 15) is 27.6 Å². The lowest BCUT2D eigenvalue weighted by Crippen LogP contribution is -2.39. The lowest BCUT2D eigenvalue weighted by molar-refractivity contribution is -0.132. The average molecular weight is 510 g/mol. The van der Waals surface area contributed by atoms with Gasteiger partial charge in [-0.05, 0) is 49.3 Å². The van der Waals surface area contributed by atoms with E-state index >= 15 is 0 Å². The van der Waals surface area contributed by atoms with Crippen molar-refractivity contribution in [3.05, 3.63) is 80.9 Å². The Balaban J connectivity index is 0.000000138.